The van der Waals surface area contributed by atoms with Gasteiger partial charge in [-0.05, 0) is 49.1 Å². The van der Waals surface area contributed by atoms with Gasteiger partial charge in [0.25, 0.3) is 0 Å². The normalized spacial score (nSPS) is 11.4. The standard InChI is InChI=1S/C18H22BrNO3S/c1-2-23-18-8-4-3-6-16(18)7-5-13-20-24(21,22)14-15-9-11-17(19)12-10-15/h3-4,6,8-12,20H,2,5,7,13-14H2,1H3. The molecule has 0 aliphatic rings. The maximum atomic E-state index is 12.1. The summed E-state index contributed by atoms with van der Waals surface area (Å²) in [7, 11) is -3.32. The molecule has 130 valence electrons. The molecule has 24 heavy (non-hydrogen) atoms. The summed E-state index contributed by atoms with van der Waals surface area (Å²) in [6.45, 7) is 2.99. The fourth-order valence-corrected chi connectivity index (χ4v) is 3.82. The Morgan fingerprint density at radius 3 is 2.50 bits per heavy atom. The first-order valence-electron chi connectivity index (χ1n) is 7.92. The Morgan fingerprint density at radius 1 is 1.08 bits per heavy atom. The number of benzene rings is 2. The van der Waals surface area contributed by atoms with Crippen LogP contribution in [0.5, 0.6) is 5.75 Å². The van der Waals surface area contributed by atoms with E-state index in [1.165, 1.54) is 0 Å². The summed E-state index contributed by atoms with van der Waals surface area (Å²) in [5.74, 6) is 0.869. The summed E-state index contributed by atoms with van der Waals surface area (Å²) in [5, 5.41) is 0. The highest BCUT2D eigenvalue weighted by Crippen LogP contribution is 2.19. The van der Waals surface area contributed by atoms with Crippen LogP contribution in [0, 0.1) is 0 Å². The van der Waals surface area contributed by atoms with E-state index in [2.05, 4.69) is 20.7 Å². The first-order chi connectivity index (χ1) is 11.5. The molecule has 0 saturated carbocycles. The van der Waals surface area contributed by atoms with Crippen molar-refractivity contribution in [1.82, 2.24) is 4.72 Å². The minimum absolute atomic E-state index is 0.00415. The van der Waals surface area contributed by atoms with Crippen molar-refractivity contribution in [3.63, 3.8) is 0 Å². The zero-order valence-electron chi connectivity index (χ0n) is 13.7. The molecule has 0 radical (unpaired) electrons. The minimum atomic E-state index is -3.32. The number of para-hydroxylation sites is 1. The van der Waals surface area contributed by atoms with Crippen LogP contribution in [0.4, 0.5) is 0 Å². The van der Waals surface area contributed by atoms with E-state index in [1.807, 2.05) is 55.5 Å². The number of nitrogens with one attached hydrogen (secondary N) is 1. The molecular weight excluding hydrogens is 390 g/mol. The highest BCUT2D eigenvalue weighted by atomic mass is 79.9. The van der Waals surface area contributed by atoms with Crippen LogP contribution in [0.1, 0.15) is 24.5 Å². The monoisotopic (exact) mass is 411 g/mol. The fourth-order valence-electron chi connectivity index (χ4n) is 2.36. The van der Waals surface area contributed by atoms with Gasteiger partial charge in [0.1, 0.15) is 5.75 Å². The van der Waals surface area contributed by atoms with Crippen molar-refractivity contribution in [1.29, 1.82) is 0 Å². The van der Waals surface area contributed by atoms with Gasteiger partial charge in [0.2, 0.25) is 10.0 Å². The molecule has 0 aliphatic carbocycles. The number of hydrogen-bond acceptors (Lipinski definition) is 3. The first-order valence-corrected chi connectivity index (χ1v) is 10.4. The van der Waals surface area contributed by atoms with Gasteiger partial charge in [0.15, 0.2) is 0 Å². The van der Waals surface area contributed by atoms with E-state index < -0.39 is 10.0 Å². The third-order valence-electron chi connectivity index (χ3n) is 3.49. The lowest BCUT2D eigenvalue weighted by Gasteiger charge is -2.10. The van der Waals surface area contributed by atoms with Crippen LogP contribution < -0.4 is 9.46 Å². The lowest BCUT2D eigenvalue weighted by Crippen LogP contribution is -2.26. The Balaban J connectivity index is 1.82. The van der Waals surface area contributed by atoms with E-state index in [1.54, 1.807) is 0 Å². The third-order valence-corrected chi connectivity index (χ3v) is 5.37. The zero-order valence-corrected chi connectivity index (χ0v) is 16.1. The summed E-state index contributed by atoms with van der Waals surface area (Å²) in [6, 6.07) is 15.2. The van der Waals surface area contributed by atoms with Gasteiger partial charge in [-0.25, -0.2) is 13.1 Å². The topological polar surface area (TPSA) is 55.4 Å². The molecule has 0 aromatic heterocycles. The van der Waals surface area contributed by atoms with Gasteiger partial charge in [-0.1, -0.05) is 46.3 Å². The molecule has 0 aliphatic heterocycles. The average Bonchev–Trinajstić information content (AvgIpc) is 2.55. The molecule has 1 N–H and O–H groups in total. The van der Waals surface area contributed by atoms with Crippen LogP contribution in [0.2, 0.25) is 0 Å². The number of ether oxygens (including phenoxy) is 1. The predicted molar refractivity (Wildman–Crippen MR) is 101 cm³/mol. The van der Waals surface area contributed by atoms with Crippen molar-refractivity contribution in [2.45, 2.75) is 25.5 Å². The second-order valence-electron chi connectivity index (χ2n) is 5.42. The molecule has 6 heteroatoms. The Labute approximate surface area is 152 Å². The largest absolute Gasteiger partial charge is 0.494 e. The van der Waals surface area contributed by atoms with Gasteiger partial charge in [0, 0.05) is 11.0 Å². The van der Waals surface area contributed by atoms with Gasteiger partial charge in [-0.2, -0.15) is 0 Å². The van der Waals surface area contributed by atoms with Crippen LogP contribution in [0.3, 0.4) is 0 Å². The molecule has 2 aromatic carbocycles. The van der Waals surface area contributed by atoms with Crippen LogP contribution in [0.25, 0.3) is 0 Å². The van der Waals surface area contributed by atoms with E-state index in [4.69, 9.17) is 4.74 Å². The number of rotatable bonds is 9. The Hall–Kier alpha value is -1.37. The molecule has 0 amide bonds. The van der Waals surface area contributed by atoms with Gasteiger partial charge in [-0.3, -0.25) is 0 Å². The van der Waals surface area contributed by atoms with Crippen molar-refractivity contribution in [3.05, 3.63) is 64.1 Å². The maximum Gasteiger partial charge on any atom is 0.215 e. The SMILES string of the molecule is CCOc1ccccc1CCCNS(=O)(=O)Cc1ccc(Br)cc1. The lowest BCUT2D eigenvalue weighted by molar-refractivity contribution is 0.336. The Kier molecular flexibility index (Phi) is 7.27. The van der Waals surface area contributed by atoms with Crippen LogP contribution >= 0.6 is 15.9 Å². The third kappa shape index (κ3) is 6.26. The van der Waals surface area contributed by atoms with Crippen LogP contribution in [-0.4, -0.2) is 21.6 Å². The Morgan fingerprint density at radius 2 is 1.79 bits per heavy atom. The first kappa shape index (κ1) is 19.0. The zero-order chi connectivity index (χ0) is 17.4. The minimum Gasteiger partial charge on any atom is -0.494 e. The number of halogens is 1. The molecule has 2 rings (SSSR count). The molecule has 0 fully saturated rings. The van der Waals surface area contributed by atoms with Gasteiger partial charge < -0.3 is 4.74 Å². The van der Waals surface area contributed by atoms with E-state index >= 15 is 0 Å². The lowest BCUT2D eigenvalue weighted by atomic mass is 10.1. The van der Waals surface area contributed by atoms with Crippen molar-refractivity contribution in [2.24, 2.45) is 0 Å². The van der Waals surface area contributed by atoms with E-state index in [0.29, 0.717) is 13.2 Å². The molecule has 4 nitrogen and oxygen atoms in total. The van der Waals surface area contributed by atoms with E-state index in [0.717, 1.165) is 34.2 Å². The van der Waals surface area contributed by atoms with Crippen molar-refractivity contribution < 1.29 is 13.2 Å². The van der Waals surface area contributed by atoms with Gasteiger partial charge >= 0.3 is 0 Å². The molecule has 2 aromatic rings. The summed E-state index contributed by atoms with van der Waals surface area (Å²) in [4.78, 5) is 0. The highest BCUT2D eigenvalue weighted by molar-refractivity contribution is 9.10. The molecule has 0 unspecified atom stereocenters. The molecule has 0 spiro atoms. The molecule has 0 heterocycles. The summed E-state index contributed by atoms with van der Waals surface area (Å²) in [5.41, 5.74) is 1.87. The smallest absolute Gasteiger partial charge is 0.215 e. The number of hydrogen-bond donors (Lipinski definition) is 1. The second-order valence-corrected chi connectivity index (χ2v) is 8.15. The second kappa shape index (κ2) is 9.20. The van der Waals surface area contributed by atoms with Crippen molar-refractivity contribution in [3.8, 4) is 5.75 Å². The van der Waals surface area contributed by atoms with Crippen LogP contribution in [0.15, 0.2) is 53.0 Å². The van der Waals surface area contributed by atoms with Gasteiger partial charge in [-0.15, -0.1) is 0 Å². The Bertz CT molecular complexity index is 745. The average molecular weight is 412 g/mol. The van der Waals surface area contributed by atoms with Crippen molar-refractivity contribution in [2.75, 3.05) is 13.2 Å². The highest BCUT2D eigenvalue weighted by Gasteiger charge is 2.11. The molecule has 0 saturated heterocycles. The van der Waals surface area contributed by atoms with Crippen molar-refractivity contribution >= 4 is 26.0 Å². The molecular formula is C18H22BrNO3S. The maximum absolute atomic E-state index is 12.1. The quantitative estimate of drug-likeness (QED) is 0.636. The van der Waals surface area contributed by atoms with E-state index in [9.17, 15) is 8.42 Å². The van der Waals surface area contributed by atoms with Gasteiger partial charge in [0.05, 0.1) is 12.4 Å². The fraction of sp³-hybridized carbons (Fsp3) is 0.333. The number of sulfonamides is 1. The predicted octanol–water partition coefficient (Wildman–Crippen LogP) is 3.90. The summed E-state index contributed by atoms with van der Waals surface area (Å²) >= 11 is 3.34. The van der Waals surface area contributed by atoms with Crippen LogP contribution in [-0.2, 0) is 22.2 Å². The summed E-state index contributed by atoms with van der Waals surface area (Å²) < 4.78 is 33.4. The molecule has 0 bridgehead atoms. The summed E-state index contributed by atoms with van der Waals surface area (Å²) in [6.07, 6.45) is 1.50. The molecule has 0 atom stereocenters. The van der Waals surface area contributed by atoms with E-state index in [-0.39, 0.29) is 5.75 Å². The number of aryl methyl sites for hydroxylation is 1.